The van der Waals surface area contributed by atoms with Crippen molar-refractivity contribution in [3.05, 3.63) is 76.9 Å². The van der Waals surface area contributed by atoms with Gasteiger partial charge in [0.1, 0.15) is 0 Å². The summed E-state index contributed by atoms with van der Waals surface area (Å²) in [6.45, 7) is 0.946. The quantitative estimate of drug-likeness (QED) is 0.545. The van der Waals surface area contributed by atoms with E-state index in [0.29, 0.717) is 13.1 Å². The maximum Gasteiger partial charge on any atom is 0.223 e. The zero-order valence-corrected chi connectivity index (χ0v) is 16.4. The van der Waals surface area contributed by atoms with E-state index < -0.39 is 9.84 Å². The third kappa shape index (κ3) is 5.55. The molecule has 2 heterocycles. The van der Waals surface area contributed by atoms with Gasteiger partial charge in [0.25, 0.3) is 0 Å². The first-order valence-electron chi connectivity index (χ1n) is 8.63. The van der Waals surface area contributed by atoms with Gasteiger partial charge in [0.2, 0.25) is 5.91 Å². The van der Waals surface area contributed by atoms with Gasteiger partial charge >= 0.3 is 0 Å². The molecule has 0 aliphatic heterocycles. The molecule has 0 fully saturated rings. The van der Waals surface area contributed by atoms with Gasteiger partial charge in [-0.2, -0.15) is 0 Å². The molecule has 7 heteroatoms. The van der Waals surface area contributed by atoms with E-state index in [1.807, 2.05) is 23.6 Å². The Bertz CT molecular complexity index is 933. The molecule has 0 aliphatic carbocycles. The van der Waals surface area contributed by atoms with Gasteiger partial charge in [0, 0.05) is 30.0 Å². The second-order valence-electron chi connectivity index (χ2n) is 6.16. The highest BCUT2D eigenvalue weighted by atomic mass is 32.2. The standard InChI is InChI=1S/C20H21NO4S2/c22-20(10-14-27(23,24)19-6-2-1-3-7-19)21(15-17-9-12-25-16-17)11-8-18-5-4-13-26-18/h1-7,9,12-13,16H,8,10-11,14-15H2. The number of amides is 1. The molecule has 0 spiro atoms. The Morgan fingerprint density at radius 3 is 2.56 bits per heavy atom. The second kappa shape index (κ2) is 9.01. The van der Waals surface area contributed by atoms with E-state index in [0.717, 1.165) is 12.0 Å². The molecule has 0 atom stereocenters. The van der Waals surface area contributed by atoms with Crippen molar-refractivity contribution in [1.82, 2.24) is 4.90 Å². The highest BCUT2D eigenvalue weighted by Crippen LogP contribution is 2.15. The van der Waals surface area contributed by atoms with Gasteiger partial charge in [-0.15, -0.1) is 11.3 Å². The van der Waals surface area contributed by atoms with Crippen LogP contribution in [-0.2, 0) is 27.6 Å². The maximum absolute atomic E-state index is 12.7. The van der Waals surface area contributed by atoms with Gasteiger partial charge in [-0.05, 0) is 36.1 Å². The van der Waals surface area contributed by atoms with Crippen molar-refractivity contribution in [3.63, 3.8) is 0 Å². The van der Waals surface area contributed by atoms with E-state index >= 15 is 0 Å². The maximum atomic E-state index is 12.7. The number of sulfone groups is 1. The summed E-state index contributed by atoms with van der Waals surface area (Å²) >= 11 is 1.65. The number of carbonyl (C=O) groups is 1. The molecule has 3 aromatic rings. The Labute approximate surface area is 163 Å². The topological polar surface area (TPSA) is 67.6 Å². The molecule has 5 nitrogen and oxygen atoms in total. The van der Waals surface area contributed by atoms with Crippen molar-refractivity contribution < 1.29 is 17.6 Å². The molecular formula is C20H21NO4S2. The van der Waals surface area contributed by atoms with E-state index in [1.54, 1.807) is 59.1 Å². The summed E-state index contributed by atoms with van der Waals surface area (Å²) < 4.78 is 30.0. The molecule has 3 rings (SSSR count). The fourth-order valence-corrected chi connectivity index (χ4v) is 4.67. The smallest absolute Gasteiger partial charge is 0.223 e. The summed E-state index contributed by atoms with van der Waals surface area (Å²) in [5.41, 5.74) is 0.889. The summed E-state index contributed by atoms with van der Waals surface area (Å²) in [6, 6.07) is 14.1. The Balaban J connectivity index is 1.64. The van der Waals surface area contributed by atoms with Crippen LogP contribution in [0, 0.1) is 0 Å². The van der Waals surface area contributed by atoms with Crippen LogP contribution in [0.2, 0.25) is 0 Å². The van der Waals surface area contributed by atoms with Crippen molar-refractivity contribution in [3.8, 4) is 0 Å². The summed E-state index contributed by atoms with van der Waals surface area (Å²) in [6.07, 6.45) is 3.87. The fraction of sp³-hybridized carbons (Fsp3) is 0.250. The average Bonchev–Trinajstić information content (AvgIpc) is 3.38. The van der Waals surface area contributed by atoms with Crippen LogP contribution in [0.3, 0.4) is 0 Å². The monoisotopic (exact) mass is 403 g/mol. The molecule has 0 saturated carbocycles. The zero-order chi connectivity index (χ0) is 19.1. The van der Waals surface area contributed by atoms with Crippen LogP contribution in [0.4, 0.5) is 0 Å². The van der Waals surface area contributed by atoms with Crippen molar-refractivity contribution in [1.29, 1.82) is 0 Å². The first kappa shape index (κ1) is 19.4. The van der Waals surface area contributed by atoms with Crippen LogP contribution in [0.15, 0.2) is 75.7 Å². The number of hydrogen-bond acceptors (Lipinski definition) is 5. The Kier molecular flexibility index (Phi) is 6.47. The second-order valence-corrected chi connectivity index (χ2v) is 9.30. The van der Waals surface area contributed by atoms with E-state index in [4.69, 9.17) is 4.42 Å². The number of carbonyl (C=O) groups excluding carboxylic acids is 1. The molecule has 0 N–H and O–H groups in total. The van der Waals surface area contributed by atoms with Crippen LogP contribution < -0.4 is 0 Å². The summed E-state index contributed by atoms with van der Waals surface area (Å²) in [4.78, 5) is 15.9. The number of rotatable bonds is 9. The number of hydrogen-bond donors (Lipinski definition) is 0. The fourth-order valence-electron chi connectivity index (χ4n) is 2.72. The number of nitrogens with zero attached hydrogens (tertiary/aromatic N) is 1. The molecule has 2 aromatic heterocycles. The third-order valence-electron chi connectivity index (χ3n) is 4.20. The lowest BCUT2D eigenvalue weighted by Gasteiger charge is -2.22. The average molecular weight is 404 g/mol. The molecule has 0 aliphatic rings. The largest absolute Gasteiger partial charge is 0.472 e. The number of benzene rings is 1. The van der Waals surface area contributed by atoms with Gasteiger partial charge < -0.3 is 9.32 Å². The van der Waals surface area contributed by atoms with Crippen molar-refractivity contribution >= 4 is 27.1 Å². The van der Waals surface area contributed by atoms with Crippen LogP contribution in [-0.4, -0.2) is 31.5 Å². The lowest BCUT2D eigenvalue weighted by Crippen LogP contribution is -2.33. The zero-order valence-electron chi connectivity index (χ0n) is 14.8. The predicted molar refractivity (Wildman–Crippen MR) is 105 cm³/mol. The van der Waals surface area contributed by atoms with Crippen LogP contribution in [0.1, 0.15) is 16.9 Å². The lowest BCUT2D eigenvalue weighted by molar-refractivity contribution is -0.131. The molecule has 0 unspecified atom stereocenters. The van der Waals surface area contributed by atoms with E-state index in [9.17, 15) is 13.2 Å². The summed E-state index contributed by atoms with van der Waals surface area (Å²) in [7, 11) is -3.47. The normalized spacial score (nSPS) is 11.4. The van der Waals surface area contributed by atoms with Gasteiger partial charge in [0.15, 0.2) is 9.84 Å². The molecule has 142 valence electrons. The first-order chi connectivity index (χ1) is 13.0. The van der Waals surface area contributed by atoms with E-state index in [2.05, 4.69) is 0 Å². The van der Waals surface area contributed by atoms with Crippen LogP contribution >= 0.6 is 11.3 Å². The van der Waals surface area contributed by atoms with Gasteiger partial charge in [-0.1, -0.05) is 24.3 Å². The van der Waals surface area contributed by atoms with Crippen molar-refractivity contribution in [2.75, 3.05) is 12.3 Å². The summed E-state index contributed by atoms with van der Waals surface area (Å²) in [5.74, 6) is -0.372. The van der Waals surface area contributed by atoms with Crippen molar-refractivity contribution in [2.24, 2.45) is 0 Å². The van der Waals surface area contributed by atoms with E-state index in [-0.39, 0.29) is 23.0 Å². The first-order valence-corrected chi connectivity index (χ1v) is 11.2. The minimum Gasteiger partial charge on any atom is -0.472 e. The van der Waals surface area contributed by atoms with Gasteiger partial charge in [0.05, 0.1) is 23.2 Å². The van der Waals surface area contributed by atoms with Crippen LogP contribution in [0.25, 0.3) is 0 Å². The lowest BCUT2D eigenvalue weighted by atomic mass is 10.2. The van der Waals surface area contributed by atoms with Gasteiger partial charge in [-0.25, -0.2) is 8.42 Å². The van der Waals surface area contributed by atoms with E-state index in [1.165, 1.54) is 4.88 Å². The number of furan rings is 1. The Hall–Kier alpha value is -2.38. The highest BCUT2D eigenvalue weighted by Gasteiger charge is 2.20. The SMILES string of the molecule is O=C(CCS(=O)(=O)c1ccccc1)N(CCc1cccs1)Cc1ccoc1. The molecule has 0 bridgehead atoms. The van der Waals surface area contributed by atoms with Crippen LogP contribution in [0.5, 0.6) is 0 Å². The molecular weight excluding hydrogens is 382 g/mol. The molecule has 0 saturated heterocycles. The minimum atomic E-state index is -3.47. The summed E-state index contributed by atoms with van der Waals surface area (Å²) in [5, 5.41) is 2.00. The molecule has 1 amide bonds. The molecule has 27 heavy (non-hydrogen) atoms. The predicted octanol–water partition coefficient (Wildman–Crippen LogP) is 3.78. The van der Waals surface area contributed by atoms with Crippen molar-refractivity contribution in [2.45, 2.75) is 24.3 Å². The molecule has 0 radical (unpaired) electrons. The Morgan fingerprint density at radius 1 is 1.07 bits per heavy atom. The number of thiophene rings is 1. The minimum absolute atomic E-state index is 0.0421. The van der Waals surface area contributed by atoms with Gasteiger partial charge in [-0.3, -0.25) is 4.79 Å². The highest BCUT2D eigenvalue weighted by molar-refractivity contribution is 7.91. The third-order valence-corrected chi connectivity index (χ3v) is 6.87. The molecule has 1 aromatic carbocycles. The Morgan fingerprint density at radius 2 is 1.89 bits per heavy atom.